The molecule has 0 atom stereocenters. The van der Waals surface area contributed by atoms with E-state index in [1.54, 1.807) is 35.9 Å². The molecule has 1 aliphatic heterocycles. The van der Waals surface area contributed by atoms with Crippen molar-refractivity contribution >= 4 is 23.5 Å². The number of para-hydroxylation sites is 1. The van der Waals surface area contributed by atoms with Gasteiger partial charge in [-0.1, -0.05) is 18.2 Å². The Morgan fingerprint density at radius 2 is 1.65 bits per heavy atom. The lowest BCUT2D eigenvalue weighted by atomic mass is 9.53. The molecule has 2 amide bonds. The topological polar surface area (TPSA) is 81.5 Å². The maximum atomic E-state index is 13.6. The minimum absolute atomic E-state index is 0.0237. The number of imide groups is 1. The van der Waals surface area contributed by atoms with Crippen molar-refractivity contribution in [3.05, 3.63) is 47.3 Å². The third-order valence-electron chi connectivity index (χ3n) is 7.65. The Bertz CT molecular complexity index is 1070. The third kappa shape index (κ3) is 2.58. The van der Waals surface area contributed by atoms with E-state index in [1.807, 2.05) is 6.07 Å². The van der Waals surface area contributed by atoms with E-state index in [9.17, 15) is 14.4 Å². The summed E-state index contributed by atoms with van der Waals surface area (Å²) in [5.41, 5.74) is 0.554. The van der Waals surface area contributed by atoms with Gasteiger partial charge in [0.05, 0.1) is 17.8 Å². The zero-order valence-electron chi connectivity index (χ0n) is 17.5. The number of rotatable bonds is 4. The van der Waals surface area contributed by atoms with Crippen LogP contribution >= 0.6 is 0 Å². The Morgan fingerprint density at radius 3 is 2.23 bits per heavy atom. The summed E-state index contributed by atoms with van der Waals surface area (Å²) in [6.45, 7) is 1.90. The number of carbonyl (C=O) groups is 3. The van der Waals surface area contributed by atoms with Crippen LogP contribution in [0.2, 0.25) is 0 Å². The Morgan fingerprint density at radius 1 is 1.03 bits per heavy atom. The minimum atomic E-state index is -0.640. The van der Waals surface area contributed by atoms with Crippen LogP contribution in [-0.4, -0.2) is 34.2 Å². The van der Waals surface area contributed by atoms with Gasteiger partial charge in [-0.05, 0) is 75.3 Å². The molecular formula is C24H25N3O4. The van der Waals surface area contributed by atoms with Crippen molar-refractivity contribution in [3.8, 4) is 0 Å². The van der Waals surface area contributed by atoms with E-state index in [1.165, 1.54) is 24.2 Å². The molecule has 5 aliphatic rings. The number of benzene rings is 1. The number of carbonyl (C=O) groups excluding carboxylic acids is 3. The molecule has 1 aromatic heterocycles. The van der Waals surface area contributed by atoms with E-state index < -0.39 is 17.8 Å². The van der Waals surface area contributed by atoms with Crippen molar-refractivity contribution in [2.45, 2.75) is 51.0 Å². The summed E-state index contributed by atoms with van der Waals surface area (Å²) in [6, 6.07) is 8.87. The second kappa shape index (κ2) is 6.52. The molecule has 1 aromatic carbocycles. The van der Waals surface area contributed by atoms with Crippen LogP contribution in [0.4, 0.5) is 5.69 Å². The second-order valence-electron chi connectivity index (χ2n) is 9.63. The van der Waals surface area contributed by atoms with E-state index in [4.69, 9.17) is 4.74 Å². The molecule has 4 saturated carbocycles. The Balaban J connectivity index is 1.52. The highest BCUT2D eigenvalue weighted by Gasteiger charge is 2.56. The smallest absolute Gasteiger partial charge is 0.359 e. The van der Waals surface area contributed by atoms with Crippen molar-refractivity contribution in [2.24, 2.45) is 17.8 Å². The van der Waals surface area contributed by atoms with E-state index in [0.29, 0.717) is 23.4 Å². The summed E-state index contributed by atoms with van der Waals surface area (Å²) in [7, 11) is 0. The van der Waals surface area contributed by atoms with Gasteiger partial charge >= 0.3 is 5.97 Å². The fourth-order valence-corrected chi connectivity index (χ4v) is 6.95. The highest BCUT2D eigenvalue weighted by molar-refractivity contribution is 6.35. The summed E-state index contributed by atoms with van der Waals surface area (Å²) in [5, 5.41) is 4.64. The van der Waals surface area contributed by atoms with Gasteiger partial charge in [0.25, 0.3) is 11.8 Å². The van der Waals surface area contributed by atoms with Gasteiger partial charge in [-0.25, -0.2) is 9.69 Å². The van der Waals surface area contributed by atoms with Crippen LogP contribution in [0.1, 0.15) is 76.8 Å². The van der Waals surface area contributed by atoms with E-state index >= 15 is 0 Å². The van der Waals surface area contributed by atoms with Crippen LogP contribution in [0.25, 0.3) is 0 Å². The van der Waals surface area contributed by atoms with Crippen molar-refractivity contribution in [2.75, 3.05) is 11.5 Å². The Kier molecular flexibility index (Phi) is 3.95. The monoisotopic (exact) mass is 419 g/mol. The summed E-state index contributed by atoms with van der Waals surface area (Å²) < 4.78 is 6.99. The van der Waals surface area contributed by atoms with Gasteiger partial charge in [0, 0.05) is 0 Å². The zero-order valence-corrected chi connectivity index (χ0v) is 17.5. The van der Waals surface area contributed by atoms with Gasteiger partial charge < -0.3 is 4.74 Å². The fraction of sp³-hybridized carbons (Fsp3) is 0.500. The first-order valence-electron chi connectivity index (χ1n) is 11.2. The number of fused-ring (bicyclic) bond motifs is 1. The lowest BCUT2D eigenvalue weighted by Gasteiger charge is -2.56. The van der Waals surface area contributed by atoms with Crippen molar-refractivity contribution in [3.63, 3.8) is 0 Å². The van der Waals surface area contributed by atoms with E-state index in [0.717, 1.165) is 19.3 Å². The van der Waals surface area contributed by atoms with Crippen LogP contribution in [0, 0.1) is 17.8 Å². The van der Waals surface area contributed by atoms with Gasteiger partial charge in [-0.3, -0.25) is 14.3 Å². The first-order valence-corrected chi connectivity index (χ1v) is 11.2. The second-order valence-corrected chi connectivity index (χ2v) is 9.63. The lowest BCUT2D eigenvalue weighted by molar-refractivity contribution is -0.0503. The summed E-state index contributed by atoms with van der Waals surface area (Å²) in [5.74, 6) is 0.368. The maximum absolute atomic E-state index is 13.6. The molecule has 4 aliphatic carbocycles. The maximum Gasteiger partial charge on any atom is 0.359 e. The summed E-state index contributed by atoms with van der Waals surface area (Å²) in [4.78, 5) is 41.0. The first-order chi connectivity index (χ1) is 15.0. The average molecular weight is 419 g/mol. The largest absolute Gasteiger partial charge is 0.461 e. The molecule has 0 N–H and O–H groups in total. The Hall–Kier alpha value is -2.96. The van der Waals surface area contributed by atoms with Gasteiger partial charge in [-0.2, -0.15) is 5.10 Å². The quantitative estimate of drug-likeness (QED) is 0.556. The molecule has 7 nitrogen and oxygen atoms in total. The normalized spacial score (nSPS) is 30.7. The number of aromatic nitrogens is 2. The molecule has 4 bridgehead atoms. The SMILES string of the molecule is CCOC(=O)c1nn(C23CC4CC(CC(C4)C2)C3)c2c1C(=O)N(c1ccccc1)C2=O. The molecule has 7 rings (SSSR count). The lowest BCUT2D eigenvalue weighted by Crippen LogP contribution is -2.53. The average Bonchev–Trinajstić information content (AvgIpc) is 3.26. The number of esters is 1. The molecule has 31 heavy (non-hydrogen) atoms. The predicted octanol–water partition coefficient (Wildman–Crippen LogP) is 3.79. The molecule has 7 heteroatoms. The molecule has 2 heterocycles. The molecule has 0 spiro atoms. The number of amides is 2. The van der Waals surface area contributed by atoms with Gasteiger partial charge in [0.2, 0.25) is 0 Å². The first kappa shape index (κ1) is 18.8. The number of ether oxygens (including phenoxy) is 1. The van der Waals surface area contributed by atoms with Crippen LogP contribution < -0.4 is 4.90 Å². The molecule has 2 aromatic rings. The molecular weight excluding hydrogens is 394 g/mol. The standard InChI is InChI=1S/C24H25N3O4/c1-2-31-23(30)19-18-20(22(29)26(21(18)28)17-6-4-3-5-7-17)27(25-19)24-11-14-8-15(12-24)10-16(9-14)13-24/h3-7,14-16H,2,8-13H2,1H3. The van der Waals surface area contributed by atoms with Crippen LogP contribution in [-0.2, 0) is 10.3 Å². The number of anilines is 1. The van der Waals surface area contributed by atoms with Gasteiger partial charge in [0.1, 0.15) is 11.3 Å². The molecule has 0 radical (unpaired) electrons. The third-order valence-corrected chi connectivity index (χ3v) is 7.65. The fourth-order valence-electron chi connectivity index (χ4n) is 6.95. The number of hydrogen-bond donors (Lipinski definition) is 0. The summed E-state index contributed by atoms with van der Waals surface area (Å²) in [6.07, 6.45) is 6.62. The highest BCUT2D eigenvalue weighted by Crippen LogP contribution is 2.59. The van der Waals surface area contributed by atoms with E-state index in [2.05, 4.69) is 5.10 Å². The Labute approximate surface area is 180 Å². The molecule has 160 valence electrons. The summed E-state index contributed by atoms with van der Waals surface area (Å²) >= 11 is 0. The highest BCUT2D eigenvalue weighted by atomic mass is 16.5. The molecule has 4 fully saturated rings. The number of nitrogens with zero attached hydrogens (tertiary/aromatic N) is 3. The van der Waals surface area contributed by atoms with Crippen LogP contribution in [0.5, 0.6) is 0 Å². The van der Waals surface area contributed by atoms with Crippen molar-refractivity contribution in [1.82, 2.24) is 9.78 Å². The van der Waals surface area contributed by atoms with Crippen LogP contribution in [0.15, 0.2) is 30.3 Å². The number of hydrogen-bond acceptors (Lipinski definition) is 5. The van der Waals surface area contributed by atoms with E-state index in [-0.39, 0.29) is 29.1 Å². The van der Waals surface area contributed by atoms with Gasteiger partial charge in [0.15, 0.2) is 5.69 Å². The molecule has 0 unspecified atom stereocenters. The predicted molar refractivity (Wildman–Crippen MR) is 112 cm³/mol. The molecule has 0 saturated heterocycles. The zero-order chi connectivity index (χ0) is 21.3. The van der Waals surface area contributed by atoms with Crippen LogP contribution in [0.3, 0.4) is 0 Å². The van der Waals surface area contributed by atoms with Crippen molar-refractivity contribution in [1.29, 1.82) is 0 Å². The van der Waals surface area contributed by atoms with Crippen molar-refractivity contribution < 1.29 is 19.1 Å². The van der Waals surface area contributed by atoms with Gasteiger partial charge in [-0.15, -0.1) is 0 Å². The minimum Gasteiger partial charge on any atom is -0.461 e.